The van der Waals surface area contributed by atoms with Crippen molar-refractivity contribution < 1.29 is 18.7 Å². The van der Waals surface area contributed by atoms with Crippen LogP contribution in [0.5, 0.6) is 5.75 Å². The highest BCUT2D eigenvalue weighted by atomic mass is 19.1. The van der Waals surface area contributed by atoms with Crippen LogP contribution in [0.2, 0.25) is 0 Å². The summed E-state index contributed by atoms with van der Waals surface area (Å²) in [6.07, 6.45) is 1.29. The van der Waals surface area contributed by atoms with Crippen molar-refractivity contribution in [2.75, 3.05) is 12.0 Å². The number of carbonyl (C=O) groups is 2. The van der Waals surface area contributed by atoms with E-state index in [-0.39, 0.29) is 17.3 Å². The molecule has 0 atom stereocenters. The van der Waals surface area contributed by atoms with Gasteiger partial charge in [0, 0.05) is 11.1 Å². The molecule has 1 heterocycles. The molecule has 1 aliphatic rings. The molecule has 0 fully saturated rings. The summed E-state index contributed by atoms with van der Waals surface area (Å²) in [5.41, 5.74) is 2.57. The Bertz CT molecular complexity index is 1100. The first-order chi connectivity index (χ1) is 14.1. The third-order valence-corrected chi connectivity index (χ3v) is 4.85. The smallest absolute Gasteiger partial charge is 0.259 e. The fourth-order valence-electron chi connectivity index (χ4n) is 3.36. The zero-order valence-electron chi connectivity index (χ0n) is 15.8. The number of hydrogen-bond donors (Lipinski definition) is 0. The number of carbonyl (C=O) groups excluding carboxylic acids is 2. The Kier molecular flexibility index (Phi) is 4.96. The van der Waals surface area contributed by atoms with Crippen LogP contribution in [0.1, 0.15) is 21.5 Å². The molecular weight excluding hydrogens is 369 g/mol. The second-order valence-electron chi connectivity index (χ2n) is 6.69. The van der Waals surface area contributed by atoms with Crippen LogP contribution in [0.4, 0.5) is 10.1 Å². The summed E-state index contributed by atoms with van der Waals surface area (Å²) in [7, 11) is 1.54. The Hall–Kier alpha value is -3.73. The van der Waals surface area contributed by atoms with Crippen LogP contribution in [0.3, 0.4) is 0 Å². The van der Waals surface area contributed by atoms with Crippen molar-refractivity contribution in [3.05, 3.63) is 101 Å². The van der Waals surface area contributed by atoms with Gasteiger partial charge in [0.25, 0.3) is 5.91 Å². The average molecular weight is 387 g/mol. The lowest BCUT2D eigenvalue weighted by atomic mass is 10.0. The monoisotopic (exact) mass is 387 g/mol. The third-order valence-electron chi connectivity index (χ3n) is 4.85. The lowest BCUT2D eigenvalue weighted by Crippen LogP contribution is -2.25. The van der Waals surface area contributed by atoms with Gasteiger partial charge in [-0.1, -0.05) is 30.3 Å². The van der Waals surface area contributed by atoms with Gasteiger partial charge in [-0.05, 0) is 54.1 Å². The predicted octanol–water partition coefficient (Wildman–Crippen LogP) is 4.65. The molecule has 0 aliphatic carbocycles. The van der Waals surface area contributed by atoms with Gasteiger partial charge in [0.05, 0.1) is 24.9 Å². The molecule has 0 spiro atoms. The summed E-state index contributed by atoms with van der Waals surface area (Å²) in [6, 6.07) is 20.3. The van der Waals surface area contributed by atoms with Crippen LogP contribution in [0, 0.1) is 5.82 Å². The number of ketones is 1. The maximum Gasteiger partial charge on any atom is 0.259 e. The van der Waals surface area contributed by atoms with E-state index in [0.29, 0.717) is 29.1 Å². The van der Waals surface area contributed by atoms with Crippen LogP contribution in [-0.2, 0) is 11.3 Å². The van der Waals surface area contributed by atoms with E-state index in [9.17, 15) is 14.0 Å². The molecule has 3 aromatic carbocycles. The molecule has 0 radical (unpaired) electrons. The molecule has 0 unspecified atom stereocenters. The molecule has 4 rings (SSSR count). The topological polar surface area (TPSA) is 46.6 Å². The average Bonchev–Trinajstić information content (AvgIpc) is 2.99. The van der Waals surface area contributed by atoms with E-state index in [1.54, 1.807) is 42.3 Å². The first-order valence-electron chi connectivity index (χ1n) is 9.12. The van der Waals surface area contributed by atoms with Crippen LogP contribution >= 0.6 is 0 Å². The van der Waals surface area contributed by atoms with Crippen LogP contribution in [0.25, 0.3) is 5.57 Å². The molecule has 4 nitrogen and oxygen atoms in total. The van der Waals surface area contributed by atoms with E-state index in [1.807, 2.05) is 30.3 Å². The number of allylic oxidation sites excluding steroid dienone is 1. The highest BCUT2D eigenvalue weighted by Crippen LogP contribution is 2.38. The summed E-state index contributed by atoms with van der Waals surface area (Å²) in [4.78, 5) is 27.4. The van der Waals surface area contributed by atoms with Gasteiger partial charge < -0.3 is 9.64 Å². The highest BCUT2D eigenvalue weighted by molar-refractivity contribution is 6.35. The van der Waals surface area contributed by atoms with Crippen LogP contribution in [0.15, 0.2) is 78.9 Å². The Morgan fingerprint density at radius 1 is 1.03 bits per heavy atom. The number of hydrogen-bond acceptors (Lipinski definition) is 3. The van der Waals surface area contributed by atoms with E-state index in [4.69, 9.17) is 4.74 Å². The SMILES string of the molecule is COc1ccc(C(=O)/C=C2/C(=O)N(Cc3ccccc3)c3ccc(F)cc32)cc1. The molecule has 0 bridgehead atoms. The van der Waals surface area contributed by atoms with E-state index in [1.165, 1.54) is 18.2 Å². The van der Waals surface area contributed by atoms with E-state index in [2.05, 4.69) is 0 Å². The summed E-state index contributed by atoms with van der Waals surface area (Å²) >= 11 is 0. The summed E-state index contributed by atoms with van der Waals surface area (Å²) in [6.45, 7) is 0.340. The summed E-state index contributed by atoms with van der Waals surface area (Å²) in [5.74, 6) is -0.474. The maximum absolute atomic E-state index is 13.9. The summed E-state index contributed by atoms with van der Waals surface area (Å²) < 4.78 is 19.0. The van der Waals surface area contributed by atoms with Gasteiger partial charge in [0.15, 0.2) is 5.78 Å². The van der Waals surface area contributed by atoms with Crippen molar-refractivity contribution in [1.29, 1.82) is 0 Å². The van der Waals surface area contributed by atoms with E-state index in [0.717, 1.165) is 5.56 Å². The standard InChI is InChI=1S/C24H18FNO3/c1-29-19-10-7-17(8-11-19)23(27)14-21-20-13-18(25)9-12-22(20)26(24(21)28)15-16-5-3-2-4-6-16/h2-14H,15H2,1H3/b21-14+. The van der Waals surface area contributed by atoms with Gasteiger partial charge in [-0.3, -0.25) is 9.59 Å². The molecule has 0 aromatic heterocycles. The minimum absolute atomic E-state index is 0.191. The third kappa shape index (κ3) is 3.67. The zero-order valence-corrected chi connectivity index (χ0v) is 15.8. The fourth-order valence-corrected chi connectivity index (χ4v) is 3.36. The number of fused-ring (bicyclic) bond motifs is 1. The molecule has 0 saturated heterocycles. The van der Waals surface area contributed by atoms with Gasteiger partial charge in [0.2, 0.25) is 0 Å². The minimum atomic E-state index is -0.457. The zero-order chi connectivity index (χ0) is 20.4. The van der Waals surface area contributed by atoms with Gasteiger partial charge >= 0.3 is 0 Å². The lowest BCUT2D eigenvalue weighted by molar-refractivity contribution is -0.113. The molecular formula is C24H18FNO3. The number of ether oxygens (including phenoxy) is 1. The van der Waals surface area contributed by atoms with Crippen LogP contribution < -0.4 is 9.64 Å². The number of rotatable bonds is 5. The quantitative estimate of drug-likeness (QED) is 0.473. The molecule has 29 heavy (non-hydrogen) atoms. The second kappa shape index (κ2) is 7.72. The molecule has 5 heteroatoms. The molecule has 3 aromatic rings. The Balaban J connectivity index is 1.71. The van der Waals surface area contributed by atoms with Gasteiger partial charge in [-0.15, -0.1) is 0 Å². The first kappa shape index (κ1) is 18.6. The lowest BCUT2D eigenvalue weighted by Gasteiger charge is -2.17. The van der Waals surface area contributed by atoms with E-state index >= 15 is 0 Å². The number of benzene rings is 3. The van der Waals surface area contributed by atoms with Crippen molar-refractivity contribution >= 4 is 23.0 Å². The Labute approximate surface area is 167 Å². The maximum atomic E-state index is 13.9. The van der Waals surface area contributed by atoms with E-state index < -0.39 is 5.82 Å². The Morgan fingerprint density at radius 3 is 2.45 bits per heavy atom. The normalized spacial score (nSPS) is 14.2. The van der Waals surface area contributed by atoms with Crippen molar-refractivity contribution in [2.24, 2.45) is 0 Å². The fraction of sp³-hybridized carbons (Fsp3) is 0.0833. The number of anilines is 1. The second-order valence-corrected chi connectivity index (χ2v) is 6.69. The van der Waals surface area contributed by atoms with Crippen LogP contribution in [-0.4, -0.2) is 18.8 Å². The first-order valence-corrected chi connectivity index (χ1v) is 9.12. The number of halogens is 1. The largest absolute Gasteiger partial charge is 0.497 e. The Morgan fingerprint density at radius 2 is 1.76 bits per heavy atom. The van der Waals surface area contributed by atoms with Gasteiger partial charge in [-0.2, -0.15) is 0 Å². The molecule has 144 valence electrons. The number of methoxy groups -OCH3 is 1. The minimum Gasteiger partial charge on any atom is -0.497 e. The molecule has 1 amide bonds. The number of nitrogens with zero attached hydrogens (tertiary/aromatic N) is 1. The molecule has 0 saturated carbocycles. The predicted molar refractivity (Wildman–Crippen MR) is 109 cm³/mol. The summed E-state index contributed by atoms with van der Waals surface area (Å²) in [5, 5.41) is 0. The van der Waals surface area contributed by atoms with Gasteiger partial charge in [-0.25, -0.2) is 4.39 Å². The van der Waals surface area contributed by atoms with Crippen molar-refractivity contribution in [3.63, 3.8) is 0 Å². The highest BCUT2D eigenvalue weighted by Gasteiger charge is 2.33. The van der Waals surface area contributed by atoms with Crippen molar-refractivity contribution in [1.82, 2.24) is 0 Å². The van der Waals surface area contributed by atoms with Crippen molar-refractivity contribution in [2.45, 2.75) is 6.54 Å². The van der Waals surface area contributed by atoms with Gasteiger partial charge in [0.1, 0.15) is 11.6 Å². The number of amides is 1. The molecule has 1 aliphatic heterocycles. The molecule has 0 N–H and O–H groups in total. The van der Waals surface area contributed by atoms with Crippen molar-refractivity contribution in [3.8, 4) is 5.75 Å².